The lowest BCUT2D eigenvalue weighted by molar-refractivity contribution is -0.141. The number of carboxylic acids is 1. The maximum absolute atomic E-state index is 12.5. The Morgan fingerprint density at radius 2 is 2.08 bits per heavy atom. The molecule has 2 heterocycles. The zero-order valence-corrected chi connectivity index (χ0v) is 13.0. The zero-order chi connectivity index (χ0) is 16.9. The van der Waals surface area contributed by atoms with Crippen LogP contribution in [0.2, 0.25) is 0 Å². The summed E-state index contributed by atoms with van der Waals surface area (Å²) in [4.78, 5) is 24.8. The van der Waals surface area contributed by atoms with Gasteiger partial charge in [0.2, 0.25) is 0 Å². The summed E-state index contributed by atoms with van der Waals surface area (Å²) in [6.45, 7) is 1.52. The summed E-state index contributed by atoms with van der Waals surface area (Å²) >= 11 is 0. The molecule has 3 rings (SSSR count). The van der Waals surface area contributed by atoms with Crippen LogP contribution in [0.3, 0.4) is 0 Å². The average molecular weight is 330 g/mol. The third kappa shape index (κ3) is 3.96. The molecule has 1 aromatic heterocycles. The number of aromatic nitrogens is 3. The number of carbonyl (C=O) groups excluding carboxylic acids is 1. The van der Waals surface area contributed by atoms with Crippen LogP contribution in [-0.4, -0.2) is 62.7 Å². The number of carboxylic acid groups (broad SMARTS) is 1. The predicted octanol–water partition coefficient (Wildman–Crippen LogP) is 0.642. The van der Waals surface area contributed by atoms with E-state index in [1.54, 1.807) is 15.8 Å². The van der Waals surface area contributed by atoms with E-state index in [9.17, 15) is 9.59 Å². The topological polar surface area (TPSA) is 97.6 Å². The predicted molar refractivity (Wildman–Crippen MR) is 83.5 cm³/mol. The van der Waals surface area contributed by atoms with Crippen molar-refractivity contribution in [1.29, 1.82) is 0 Å². The number of nitrogens with zero attached hydrogens (tertiary/aromatic N) is 4. The van der Waals surface area contributed by atoms with Gasteiger partial charge in [0, 0.05) is 13.1 Å². The average Bonchev–Trinajstić information content (AvgIpc) is 3.03. The summed E-state index contributed by atoms with van der Waals surface area (Å²) in [5.41, 5.74) is 1.32. The highest BCUT2D eigenvalue weighted by atomic mass is 16.5. The molecule has 8 heteroatoms. The fourth-order valence-corrected chi connectivity index (χ4v) is 2.63. The maximum Gasteiger partial charge on any atom is 0.306 e. The van der Waals surface area contributed by atoms with Gasteiger partial charge in [-0.25, -0.2) is 4.68 Å². The van der Waals surface area contributed by atoms with Gasteiger partial charge in [-0.15, -0.1) is 5.10 Å². The first kappa shape index (κ1) is 16.1. The van der Waals surface area contributed by atoms with Gasteiger partial charge in [-0.2, -0.15) is 0 Å². The molecule has 1 atom stereocenters. The normalized spacial score (nSPS) is 17.7. The number of aliphatic carboxylic acids is 1. The first-order chi connectivity index (χ1) is 11.6. The van der Waals surface area contributed by atoms with E-state index in [-0.39, 0.29) is 24.6 Å². The summed E-state index contributed by atoms with van der Waals surface area (Å²) in [6, 6.07) is 9.76. The van der Waals surface area contributed by atoms with Gasteiger partial charge < -0.3 is 14.7 Å². The molecule has 0 saturated carbocycles. The van der Waals surface area contributed by atoms with Crippen LogP contribution in [-0.2, 0) is 16.1 Å². The minimum Gasteiger partial charge on any atom is -0.481 e. The van der Waals surface area contributed by atoms with Crippen LogP contribution in [0.5, 0.6) is 0 Å². The summed E-state index contributed by atoms with van der Waals surface area (Å²) in [5, 5.41) is 16.8. The largest absolute Gasteiger partial charge is 0.481 e. The number of amides is 1. The van der Waals surface area contributed by atoms with Crippen molar-refractivity contribution in [3.05, 3.63) is 47.8 Å². The Kier molecular flexibility index (Phi) is 4.85. The Bertz CT molecular complexity index is 716. The first-order valence-electron chi connectivity index (χ1n) is 7.68. The van der Waals surface area contributed by atoms with Crippen LogP contribution < -0.4 is 0 Å². The number of morpholine rings is 1. The molecule has 2 aromatic rings. The molecule has 1 unspecified atom stereocenters. The smallest absolute Gasteiger partial charge is 0.306 e. The second-order valence-corrected chi connectivity index (χ2v) is 5.63. The van der Waals surface area contributed by atoms with Gasteiger partial charge in [0.1, 0.15) is 0 Å². The zero-order valence-electron chi connectivity index (χ0n) is 13.0. The Morgan fingerprint density at radius 1 is 1.29 bits per heavy atom. The van der Waals surface area contributed by atoms with Crippen molar-refractivity contribution in [2.24, 2.45) is 0 Å². The molecule has 1 N–H and O–H groups in total. The maximum atomic E-state index is 12.5. The van der Waals surface area contributed by atoms with Crippen LogP contribution in [0.1, 0.15) is 22.5 Å². The van der Waals surface area contributed by atoms with Gasteiger partial charge in [-0.05, 0) is 5.56 Å². The molecule has 1 saturated heterocycles. The van der Waals surface area contributed by atoms with Crippen molar-refractivity contribution >= 4 is 11.9 Å². The fourth-order valence-electron chi connectivity index (χ4n) is 2.63. The lowest BCUT2D eigenvalue weighted by atomic mass is 10.2. The SMILES string of the molecule is O=C(O)CC1CN(C(=O)c2cn(Cc3ccccc3)nn2)CCO1. The number of rotatable bonds is 5. The van der Waals surface area contributed by atoms with Crippen LogP contribution in [0.25, 0.3) is 0 Å². The minimum atomic E-state index is -0.942. The van der Waals surface area contributed by atoms with Gasteiger partial charge in [-0.1, -0.05) is 35.5 Å². The molecule has 1 amide bonds. The highest BCUT2D eigenvalue weighted by Crippen LogP contribution is 2.12. The molecule has 126 valence electrons. The van der Waals surface area contributed by atoms with E-state index in [4.69, 9.17) is 9.84 Å². The third-order valence-corrected chi connectivity index (χ3v) is 3.77. The molecule has 1 aliphatic heterocycles. The van der Waals surface area contributed by atoms with Crippen LogP contribution in [0.4, 0.5) is 0 Å². The molecular weight excluding hydrogens is 312 g/mol. The van der Waals surface area contributed by atoms with E-state index in [1.807, 2.05) is 30.3 Å². The highest BCUT2D eigenvalue weighted by molar-refractivity contribution is 5.92. The lowest BCUT2D eigenvalue weighted by Gasteiger charge is -2.31. The number of hydrogen-bond acceptors (Lipinski definition) is 5. The quantitative estimate of drug-likeness (QED) is 0.864. The number of benzene rings is 1. The Balaban J connectivity index is 1.64. The Morgan fingerprint density at radius 3 is 2.83 bits per heavy atom. The number of hydrogen-bond donors (Lipinski definition) is 1. The number of ether oxygens (including phenoxy) is 1. The van der Waals surface area contributed by atoms with E-state index >= 15 is 0 Å². The second-order valence-electron chi connectivity index (χ2n) is 5.63. The van der Waals surface area contributed by atoms with Crippen LogP contribution >= 0.6 is 0 Å². The summed E-state index contributed by atoms with van der Waals surface area (Å²) in [5.74, 6) is -1.20. The minimum absolute atomic E-state index is 0.121. The van der Waals surface area contributed by atoms with Gasteiger partial charge in [0.05, 0.1) is 31.9 Å². The summed E-state index contributed by atoms with van der Waals surface area (Å²) in [7, 11) is 0. The van der Waals surface area contributed by atoms with Gasteiger partial charge >= 0.3 is 5.97 Å². The van der Waals surface area contributed by atoms with Crippen LogP contribution in [0.15, 0.2) is 36.5 Å². The van der Waals surface area contributed by atoms with Crippen molar-refractivity contribution < 1.29 is 19.4 Å². The molecular formula is C16H18N4O4. The molecule has 1 aliphatic rings. The van der Waals surface area contributed by atoms with Gasteiger partial charge in [-0.3, -0.25) is 9.59 Å². The molecule has 24 heavy (non-hydrogen) atoms. The molecule has 0 bridgehead atoms. The number of carbonyl (C=O) groups is 2. The molecule has 0 spiro atoms. The summed E-state index contributed by atoms with van der Waals surface area (Å²) in [6.07, 6.45) is 1.00. The van der Waals surface area contributed by atoms with Crippen molar-refractivity contribution in [2.45, 2.75) is 19.1 Å². The van der Waals surface area contributed by atoms with Crippen molar-refractivity contribution in [3.63, 3.8) is 0 Å². The molecule has 8 nitrogen and oxygen atoms in total. The van der Waals surface area contributed by atoms with Crippen molar-refractivity contribution in [2.75, 3.05) is 19.7 Å². The highest BCUT2D eigenvalue weighted by Gasteiger charge is 2.28. The molecule has 0 radical (unpaired) electrons. The standard InChI is InChI=1S/C16H18N4O4/c21-15(22)8-13-10-19(6-7-24-13)16(23)14-11-20(18-17-14)9-12-4-2-1-3-5-12/h1-5,11,13H,6-10H2,(H,21,22). The van der Waals surface area contributed by atoms with E-state index in [2.05, 4.69) is 10.3 Å². The second kappa shape index (κ2) is 7.22. The molecule has 1 fully saturated rings. The monoisotopic (exact) mass is 330 g/mol. The van der Waals surface area contributed by atoms with E-state index in [1.165, 1.54) is 0 Å². The molecule has 0 aliphatic carbocycles. The lowest BCUT2D eigenvalue weighted by Crippen LogP contribution is -2.46. The summed E-state index contributed by atoms with van der Waals surface area (Å²) < 4.78 is 6.98. The van der Waals surface area contributed by atoms with Crippen molar-refractivity contribution in [3.8, 4) is 0 Å². The van der Waals surface area contributed by atoms with Gasteiger partial charge in [0.25, 0.3) is 5.91 Å². The van der Waals surface area contributed by atoms with E-state index in [0.717, 1.165) is 5.56 Å². The molecule has 1 aromatic carbocycles. The van der Waals surface area contributed by atoms with E-state index < -0.39 is 12.1 Å². The Hall–Kier alpha value is -2.74. The van der Waals surface area contributed by atoms with E-state index in [0.29, 0.717) is 19.7 Å². The van der Waals surface area contributed by atoms with Crippen LogP contribution in [0, 0.1) is 0 Å². The third-order valence-electron chi connectivity index (χ3n) is 3.77. The first-order valence-corrected chi connectivity index (χ1v) is 7.68. The van der Waals surface area contributed by atoms with Gasteiger partial charge in [0.15, 0.2) is 5.69 Å². The van der Waals surface area contributed by atoms with Crippen molar-refractivity contribution in [1.82, 2.24) is 19.9 Å². The Labute approximate surface area is 138 Å². The fraction of sp³-hybridized carbons (Fsp3) is 0.375.